The average Bonchev–Trinajstić information content (AvgIpc) is 3.00. The third-order valence-electron chi connectivity index (χ3n) is 5.76. The molecule has 0 spiro atoms. The second kappa shape index (κ2) is 5.88. The van der Waals surface area contributed by atoms with Crippen LogP contribution in [0, 0.1) is 0 Å². The van der Waals surface area contributed by atoms with Crippen molar-refractivity contribution in [2.24, 2.45) is 0 Å². The zero-order valence-electron chi connectivity index (χ0n) is 17.1. The quantitative estimate of drug-likeness (QED) is 0.555. The van der Waals surface area contributed by atoms with Crippen LogP contribution >= 0.6 is 0 Å². The lowest BCUT2D eigenvalue weighted by Crippen LogP contribution is -2.47. The Morgan fingerprint density at radius 3 is 2.20 bits per heavy atom. The van der Waals surface area contributed by atoms with Gasteiger partial charge in [-0.25, -0.2) is 0 Å². The number of ether oxygens (including phenoxy) is 4. The number of fused-ring (bicyclic) bond motifs is 1. The van der Waals surface area contributed by atoms with Crippen molar-refractivity contribution in [2.75, 3.05) is 6.61 Å². The summed E-state index contributed by atoms with van der Waals surface area (Å²) in [4.78, 5) is 0. The van der Waals surface area contributed by atoms with Crippen LogP contribution in [0.3, 0.4) is 0 Å². The second-order valence-electron chi connectivity index (χ2n) is 9.85. The molecule has 2 heterocycles. The molecule has 6 heteroatoms. The fraction of sp³-hybridized carbons (Fsp3) is 0.895. The van der Waals surface area contributed by atoms with Crippen molar-refractivity contribution in [3.8, 4) is 0 Å². The molecule has 0 aromatic heterocycles. The van der Waals surface area contributed by atoms with Gasteiger partial charge in [0.1, 0.15) is 18.3 Å². The Morgan fingerprint density at radius 1 is 1.04 bits per heavy atom. The van der Waals surface area contributed by atoms with E-state index in [1.165, 1.54) is 0 Å². The van der Waals surface area contributed by atoms with E-state index in [1.54, 1.807) is 0 Å². The van der Waals surface area contributed by atoms with Gasteiger partial charge in [0.2, 0.25) is 0 Å². The maximum Gasteiger partial charge on any atom is 0.193 e. The maximum absolute atomic E-state index is 6.67. The molecule has 25 heavy (non-hydrogen) atoms. The van der Waals surface area contributed by atoms with Gasteiger partial charge in [0.25, 0.3) is 0 Å². The standard InChI is InChI=1S/C19H34O5Si/c1-17(2,3)25(8,9)24-13-10-12(14-11-20-18(4,5)21-14)15-16(13)23-19(6,7)22-15/h10,13-16H,11H2,1-9H3/t13-,14?,15-,16+/m0/s1. The van der Waals surface area contributed by atoms with Gasteiger partial charge >= 0.3 is 0 Å². The monoisotopic (exact) mass is 370 g/mol. The highest BCUT2D eigenvalue weighted by Crippen LogP contribution is 2.46. The minimum Gasteiger partial charge on any atom is -0.408 e. The zero-order chi connectivity index (χ0) is 18.8. The molecule has 0 bridgehead atoms. The minimum absolute atomic E-state index is 0.102. The first-order chi connectivity index (χ1) is 11.2. The summed E-state index contributed by atoms with van der Waals surface area (Å²) in [5.41, 5.74) is 1.10. The van der Waals surface area contributed by atoms with Gasteiger partial charge in [-0.15, -0.1) is 0 Å². The van der Waals surface area contributed by atoms with Crippen LogP contribution in [0.5, 0.6) is 0 Å². The fourth-order valence-electron chi connectivity index (χ4n) is 3.43. The van der Waals surface area contributed by atoms with E-state index in [4.69, 9.17) is 23.4 Å². The molecule has 0 radical (unpaired) electrons. The van der Waals surface area contributed by atoms with Crippen LogP contribution in [-0.2, 0) is 23.4 Å². The van der Waals surface area contributed by atoms with E-state index in [2.05, 4.69) is 39.9 Å². The van der Waals surface area contributed by atoms with E-state index in [-0.39, 0.29) is 29.5 Å². The highest BCUT2D eigenvalue weighted by atomic mass is 28.4. The Morgan fingerprint density at radius 2 is 1.68 bits per heavy atom. The van der Waals surface area contributed by atoms with Crippen molar-refractivity contribution >= 4 is 8.32 Å². The van der Waals surface area contributed by atoms with Crippen LogP contribution in [0.1, 0.15) is 48.5 Å². The summed E-state index contributed by atoms with van der Waals surface area (Å²) >= 11 is 0. The van der Waals surface area contributed by atoms with Crippen molar-refractivity contribution in [1.82, 2.24) is 0 Å². The molecule has 3 aliphatic rings. The van der Waals surface area contributed by atoms with E-state index in [0.29, 0.717) is 6.61 Å². The van der Waals surface area contributed by atoms with E-state index in [9.17, 15) is 0 Å². The molecule has 3 rings (SSSR count). The van der Waals surface area contributed by atoms with Crippen molar-refractivity contribution in [2.45, 2.75) is 103 Å². The predicted octanol–water partition coefficient (Wildman–Crippen LogP) is 3.99. The summed E-state index contributed by atoms with van der Waals surface area (Å²) in [6.45, 7) is 19.6. The molecular weight excluding hydrogens is 336 g/mol. The van der Waals surface area contributed by atoms with Crippen LogP contribution < -0.4 is 0 Å². The molecule has 2 aliphatic heterocycles. The highest BCUT2D eigenvalue weighted by Gasteiger charge is 2.55. The maximum atomic E-state index is 6.67. The van der Waals surface area contributed by atoms with Gasteiger partial charge in [0.05, 0.1) is 12.7 Å². The van der Waals surface area contributed by atoms with Gasteiger partial charge in [-0.1, -0.05) is 20.8 Å². The van der Waals surface area contributed by atoms with E-state index >= 15 is 0 Å². The van der Waals surface area contributed by atoms with Crippen LogP contribution in [0.15, 0.2) is 11.6 Å². The molecule has 2 saturated heterocycles. The van der Waals surface area contributed by atoms with Crippen LogP contribution in [-0.4, -0.2) is 50.9 Å². The molecule has 0 amide bonds. The van der Waals surface area contributed by atoms with Gasteiger partial charge in [-0.2, -0.15) is 0 Å². The first kappa shape index (κ1) is 19.5. The largest absolute Gasteiger partial charge is 0.408 e. The van der Waals surface area contributed by atoms with Crippen molar-refractivity contribution in [3.05, 3.63) is 11.6 Å². The van der Waals surface area contributed by atoms with Gasteiger partial charge in [-0.3, -0.25) is 0 Å². The van der Waals surface area contributed by atoms with E-state index in [1.807, 2.05) is 27.7 Å². The molecule has 4 atom stereocenters. The van der Waals surface area contributed by atoms with Gasteiger partial charge in [0.15, 0.2) is 19.9 Å². The van der Waals surface area contributed by atoms with Crippen molar-refractivity contribution < 1.29 is 23.4 Å². The van der Waals surface area contributed by atoms with Crippen LogP contribution in [0.2, 0.25) is 18.1 Å². The Balaban J connectivity index is 1.85. The first-order valence-corrected chi connectivity index (χ1v) is 12.2. The normalized spacial score (nSPS) is 37.2. The third kappa shape index (κ3) is 3.75. The van der Waals surface area contributed by atoms with Gasteiger partial charge in [-0.05, 0) is 57.5 Å². The third-order valence-corrected chi connectivity index (χ3v) is 10.2. The molecule has 144 valence electrons. The zero-order valence-corrected chi connectivity index (χ0v) is 18.1. The molecule has 0 aromatic carbocycles. The second-order valence-corrected chi connectivity index (χ2v) is 14.6. The number of rotatable bonds is 3. The molecule has 1 aliphatic carbocycles. The summed E-state index contributed by atoms with van der Waals surface area (Å²) in [5.74, 6) is -1.17. The summed E-state index contributed by atoms with van der Waals surface area (Å²) in [6.07, 6.45) is 1.71. The summed E-state index contributed by atoms with van der Waals surface area (Å²) in [6, 6.07) is 0. The Bertz CT molecular complexity index is 561. The van der Waals surface area contributed by atoms with Crippen LogP contribution in [0.4, 0.5) is 0 Å². The average molecular weight is 371 g/mol. The summed E-state index contributed by atoms with van der Waals surface area (Å²) < 4.78 is 30.9. The smallest absolute Gasteiger partial charge is 0.193 e. The molecular formula is C19H34O5Si. The Hall–Kier alpha value is -0.243. The molecule has 0 saturated carbocycles. The molecule has 1 unspecified atom stereocenters. The fourth-order valence-corrected chi connectivity index (χ4v) is 4.66. The van der Waals surface area contributed by atoms with Crippen molar-refractivity contribution in [1.29, 1.82) is 0 Å². The Labute approximate surface area is 153 Å². The summed E-state index contributed by atoms with van der Waals surface area (Å²) in [7, 11) is -1.93. The summed E-state index contributed by atoms with van der Waals surface area (Å²) in [5, 5.41) is 0.142. The lowest BCUT2D eigenvalue weighted by atomic mass is 10.1. The van der Waals surface area contributed by atoms with E-state index < -0.39 is 19.9 Å². The number of hydrogen-bond donors (Lipinski definition) is 0. The van der Waals surface area contributed by atoms with Crippen LogP contribution in [0.25, 0.3) is 0 Å². The molecule has 5 nitrogen and oxygen atoms in total. The lowest BCUT2D eigenvalue weighted by Gasteiger charge is -2.39. The number of hydrogen-bond acceptors (Lipinski definition) is 5. The van der Waals surface area contributed by atoms with Gasteiger partial charge in [0, 0.05) is 0 Å². The Kier molecular flexibility index (Phi) is 4.59. The SMILES string of the molecule is CC1(C)OCC(C2=C[C@H](O[Si](C)(C)C(C)(C)C)[C@H]3OC(C)(C)O[C@@H]23)O1. The minimum atomic E-state index is -1.93. The first-order valence-electron chi connectivity index (χ1n) is 9.28. The van der Waals surface area contributed by atoms with Crippen molar-refractivity contribution in [3.63, 3.8) is 0 Å². The molecule has 0 N–H and O–H groups in total. The molecule has 0 aromatic rings. The topological polar surface area (TPSA) is 46.2 Å². The molecule has 2 fully saturated rings. The predicted molar refractivity (Wildman–Crippen MR) is 98.9 cm³/mol. The highest BCUT2D eigenvalue weighted by molar-refractivity contribution is 6.74. The lowest BCUT2D eigenvalue weighted by molar-refractivity contribution is -0.154. The van der Waals surface area contributed by atoms with E-state index in [0.717, 1.165) is 5.57 Å². The van der Waals surface area contributed by atoms with Gasteiger partial charge < -0.3 is 23.4 Å².